The first-order valence-electron chi connectivity index (χ1n) is 17.7. The lowest BCUT2D eigenvalue weighted by Gasteiger charge is -2.46. The molecule has 0 spiro atoms. The van der Waals surface area contributed by atoms with Gasteiger partial charge in [-0.05, 0) is 70.1 Å². The minimum atomic E-state index is -0.661. The lowest BCUT2D eigenvalue weighted by Crippen LogP contribution is -2.58. The molecular formula is C45H43FO5S. The van der Waals surface area contributed by atoms with Crippen LogP contribution in [0.3, 0.4) is 0 Å². The maximum atomic E-state index is 13.6. The molecule has 7 heteroatoms. The predicted octanol–water partition coefficient (Wildman–Crippen LogP) is 9.64. The number of hydrogen-bond donors (Lipinski definition) is 1. The smallest absolute Gasteiger partial charge is 0.123 e. The highest BCUT2D eigenvalue weighted by molar-refractivity contribution is 7.15. The molecule has 0 saturated carbocycles. The molecule has 7 rings (SSSR count). The van der Waals surface area contributed by atoms with E-state index in [0.717, 1.165) is 44.7 Å². The monoisotopic (exact) mass is 714 g/mol. The fourth-order valence-electron chi connectivity index (χ4n) is 6.69. The quantitative estimate of drug-likeness (QED) is 0.122. The average molecular weight is 715 g/mol. The van der Waals surface area contributed by atoms with Gasteiger partial charge in [-0.2, -0.15) is 0 Å². The predicted molar refractivity (Wildman–Crippen MR) is 203 cm³/mol. The zero-order chi connectivity index (χ0) is 35.7. The van der Waals surface area contributed by atoms with Crippen molar-refractivity contribution in [2.75, 3.05) is 6.61 Å². The summed E-state index contributed by atoms with van der Waals surface area (Å²) in [5.74, 6) is -0.242. The van der Waals surface area contributed by atoms with Crippen molar-refractivity contribution >= 4 is 11.3 Å². The second kappa shape index (κ2) is 17.4. The molecule has 0 bridgehead atoms. The number of aryl methyl sites for hydroxylation is 1. The van der Waals surface area contributed by atoms with Crippen LogP contribution in [0.1, 0.15) is 44.4 Å². The van der Waals surface area contributed by atoms with Crippen LogP contribution in [-0.2, 0) is 45.2 Å². The van der Waals surface area contributed by atoms with Crippen LogP contribution >= 0.6 is 11.3 Å². The number of aliphatic hydroxyl groups excluding tert-OH is 1. The van der Waals surface area contributed by atoms with Crippen LogP contribution in [0.4, 0.5) is 4.39 Å². The first-order valence-corrected chi connectivity index (χ1v) is 18.5. The highest BCUT2D eigenvalue weighted by Crippen LogP contribution is 2.39. The zero-order valence-electron chi connectivity index (χ0n) is 29.1. The van der Waals surface area contributed by atoms with Gasteiger partial charge in [0.2, 0.25) is 0 Å². The van der Waals surface area contributed by atoms with E-state index in [9.17, 15) is 9.50 Å². The Morgan fingerprint density at radius 3 is 1.77 bits per heavy atom. The Morgan fingerprint density at radius 2 is 1.19 bits per heavy atom. The molecule has 266 valence electrons. The van der Waals surface area contributed by atoms with Crippen molar-refractivity contribution < 1.29 is 28.4 Å². The molecule has 0 unspecified atom stereocenters. The SMILES string of the molecule is Cc1ccc([C@@H]2O[C@H](CO)[C@@H](OCc3ccccc3)[C@H](OCc3ccccc3)[C@H]2OCc2ccccc2)cc1Cc1ccc(-c2ccc(F)cc2)s1. The van der Waals surface area contributed by atoms with Crippen molar-refractivity contribution in [2.45, 2.75) is 63.7 Å². The molecule has 2 heterocycles. The normalized spacial score (nSPS) is 20.2. The number of benzene rings is 5. The van der Waals surface area contributed by atoms with Crippen molar-refractivity contribution in [2.24, 2.45) is 0 Å². The third-order valence-electron chi connectivity index (χ3n) is 9.53. The Balaban J connectivity index is 1.21. The summed E-state index contributed by atoms with van der Waals surface area (Å²) in [6, 6.07) is 47.4. The molecule has 52 heavy (non-hydrogen) atoms. The van der Waals surface area contributed by atoms with E-state index in [1.54, 1.807) is 11.3 Å². The van der Waals surface area contributed by atoms with Gasteiger partial charge in [-0.25, -0.2) is 4.39 Å². The minimum absolute atomic E-state index is 0.242. The molecule has 0 aliphatic carbocycles. The molecule has 1 aliphatic rings. The molecular weight excluding hydrogens is 672 g/mol. The van der Waals surface area contributed by atoms with Gasteiger partial charge in [0.1, 0.15) is 36.3 Å². The summed E-state index contributed by atoms with van der Waals surface area (Å²) >= 11 is 1.71. The van der Waals surface area contributed by atoms with Gasteiger partial charge in [0.25, 0.3) is 0 Å². The Hall–Kier alpha value is -4.47. The van der Waals surface area contributed by atoms with Gasteiger partial charge in [-0.3, -0.25) is 0 Å². The summed E-state index contributed by atoms with van der Waals surface area (Å²) in [6.07, 6.45) is -2.21. The van der Waals surface area contributed by atoms with Crippen molar-refractivity contribution in [3.05, 3.63) is 190 Å². The molecule has 1 aromatic heterocycles. The van der Waals surface area contributed by atoms with Gasteiger partial charge in [0.15, 0.2) is 0 Å². The van der Waals surface area contributed by atoms with E-state index in [0.29, 0.717) is 19.8 Å². The van der Waals surface area contributed by atoms with Gasteiger partial charge in [0, 0.05) is 16.2 Å². The zero-order valence-corrected chi connectivity index (χ0v) is 30.0. The number of halogens is 1. The number of hydrogen-bond acceptors (Lipinski definition) is 6. The minimum Gasteiger partial charge on any atom is -0.394 e. The highest BCUT2D eigenvalue weighted by atomic mass is 32.1. The van der Waals surface area contributed by atoms with E-state index in [4.69, 9.17) is 18.9 Å². The molecule has 5 nitrogen and oxygen atoms in total. The molecule has 0 amide bonds. The van der Waals surface area contributed by atoms with E-state index < -0.39 is 30.5 Å². The Bertz CT molecular complexity index is 1980. The second-order valence-corrected chi connectivity index (χ2v) is 14.4. The lowest BCUT2D eigenvalue weighted by molar-refractivity contribution is -0.272. The molecule has 1 saturated heterocycles. The van der Waals surface area contributed by atoms with Gasteiger partial charge < -0.3 is 24.1 Å². The Labute approximate surface area is 309 Å². The maximum Gasteiger partial charge on any atom is 0.123 e. The Morgan fingerprint density at radius 1 is 0.635 bits per heavy atom. The third kappa shape index (κ3) is 8.93. The van der Waals surface area contributed by atoms with E-state index >= 15 is 0 Å². The summed E-state index contributed by atoms with van der Waals surface area (Å²) < 4.78 is 40.6. The largest absolute Gasteiger partial charge is 0.394 e. The summed E-state index contributed by atoms with van der Waals surface area (Å²) in [6.45, 7) is 2.91. The van der Waals surface area contributed by atoms with Crippen molar-refractivity contribution in [1.82, 2.24) is 0 Å². The van der Waals surface area contributed by atoms with Crippen molar-refractivity contribution in [1.29, 1.82) is 0 Å². The standard InChI is InChI=1S/C45H43FO5S/c1-31-17-18-36(25-37(31)26-39-23-24-41(52-39)35-19-21-38(46)22-20-35)42-44(49-29-33-13-7-3-8-14-33)45(50-30-34-15-9-4-10-16-34)43(40(27-47)51-42)48-28-32-11-5-2-6-12-32/h2-25,40,42-45,47H,26-30H2,1H3/t40-,42+,43-,44+,45+/m1/s1. The fourth-order valence-corrected chi connectivity index (χ4v) is 7.73. The second-order valence-electron chi connectivity index (χ2n) is 13.2. The molecule has 5 aromatic carbocycles. The van der Waals surface area contributed by atoms with E-state index in [-0.39, 0.29) is 12.4 Å². The van der Waals surface area contributed by atoms with Crippen molar-refractivity contribution in [3.8, 4) is 10.4 Å². The molecule has 0 radical (unpaired) electrons. The topological polar surface area (TPSA) is 57.2 Å². The van der Waals surface area contributed by atoms with Crippen LogP contribution in [0, 0.1) is 12.7 Å². The molecule has 5 atom stereocenters. The highest BCUT2D eigenvalue weighted by Gasteiger charge is 2.48. The van der Waals surface area contributed by atoms with Gasteiger partial charge in [0.05, 0.1) is 26.4 Å². The molecule has 1 aliphatic heterocycles. The average Bonchev–Trinajstić information content (AvgIpc) is 3.66. The molecule has 1 N–H and O–H groups in total. The van der Waals surface area contributed by atoms with Crippen LogP contribution in [-0.4, -0.2) is 36.1 Å². The van der Waals surface area contributed by atoms with Crippen LogP contribution in [0.25, 0.3) is 10.4 Å². The van der Waals surface area contributed by atoms with Gasteiger partial charge >= 0.3 is 0 Å². The first-order chi connectivity index (χ1) is 25.5. The number of thiophene rings is 1. The van der Waals surface area contributed by atoms with Crippen LogP contribution < -0.4 is 0 Å². The van der Waals surface area contributed by atoms with Crippen LogP contribution in [0.2, 0.25) is 0 Å². The summed E-state index contributed by atoms with van der Waals surface area (Å²) in [7, 11) is 0. The number of aliphatic hydroxyl groups is 1. The third-order valence-corrected chi connectivity index (χ3v) is 10.7. The molecule has 6 aromatic rings. The molecule has 1 fully saturated rings. The summed E-state index contributed by atoms with van der Waals surface area (Å²) in [5.41, 5.74) is 7.36. The van der Waals surface area contributed by atoms with Crippen molar-refractivity contribution in [3.63, 3.8) is 0 Å². The van der Waals surface area contributed by atoms with E-state index in [2.05, 4.69) is 37.3 Å². The van der Waals surface area contributed by atoms with Gasteiger partial charge in [-0.15, -0.1) is 11.3 Å². The van der Waals surface area contributed by atoms with Gasteiger partial charge in [-0.1, -0.05) is 121 Å². The van der Waals surface area contributed by atoms with Crippen LogP contribution in [0.5, 0.6) is 0 Å². The summed E-state index contributed by atoms with van der Waals surface area (Å²) in [4.78, 5) is 2.30. The first kappa shape index (κ1) is 35.9. The van der Waals surface area contributed by atoms with Crippen LogP contribution in [0.15, 0.2) is 146 Å². The maximum absolute atomic E-state index is 13.6. The summed E-state index contributed by atoms with van der Waals surface area (Å²) in [5, 5.41) is 10.8. The fraction of sp³-hybridized carbons (Fsp3) is 0.244. The Kier molecular flexibility index (Phi) is 12.0. The van der Waals surface area contributed by atoms with E-state index in [1.807, 2.05) is 103 Å². The number of rotatable bonds is 14. The number of ether oxygens (including phenoxy) is 4. The lowest BCUT2D eigenvalue weighted by atomic mass is 9.88. The van der Waals surface area contributed by atoms with E-state index in [1.165, 1.54) is 22.6 Å².